The highest BCUT2D eigenvalue weighted by atomic mass is 16.5. The molecule has 0 spiro atoms. The topological polar surface area (TPSA) is 77.8 Å². The Morgan fingerprint density at radius 2 is 2.16 bits per heavy atom. The van der Waals surface area contributed by atoms with Crippen molar-refractivity contribution in [2.45, 2.75) is 70.3 Å². The van der Waals surface area contributed by atoms with Gasteiger partial charge in [0.05, 0.1) is 25.2 Å². The van der Waals surface area contributed by atoms with E-state index in [-0.39, 0.29) is 24.4 Å². The normalized spacial score (nSPS) is 25.9. The van der Waals surface area contributed by atoms with E-state index < -0.39 is 12.1 Å². The Balaban J connectivity index is 1.61. The van der Waals surface area contributed by atoms with Crippen LogP contribution in [0.15, 0.2) is 23.0 Å². The molecular formula is C19H27NO5. The van der Waals surface area contributed by atoms with Crippen molar-refractivity contribution in [1.29, 1.82) is 0 Å². The summed E-state index contributed by atoms with van der Waals surface area (Å²) in [4.78, 5) is 24.6. The van der Waals surface area contributed by atoms with E-state index in [1.54, 1.807) is 19.5 Å². The predicted octanol–water partition coefficient (Wildman–Crippen LogP) is 2.61. The molecule has 1 N–H and O–H groups in total. The molecule has 1 saturated heterocycles. The highest BCUT2D eigenvalue weighted by Crippen LogP contribution is 2.28. The zero-order valence-electron chi connectivity index (χ0n) is 14.7. The molecule has 2 fully saturated rings. The van der Waals surface area contributed by atoms with Gasteiger partial charge in [-0.2, -0.15) is 0 Å². The number of amides is 1. The summed E-state index contributed by atoms with van der Waals surface area (Å²) in [5.74, 6) is 0.207. The Labute approximate surface area is 148 Å². The minimum Gasteiger partial charge on any atom is -0.472 e. The third-order valence-corrected chi connectivity index (χ3v) is 5.20. The van der Waals surface area contributed by atoms with Crippen LogP contribution in [-0.4, -0.2) is 36.5 Å². The van der Waals surface area contributed by atoms with Gasteiger partial charge in [-0.1, -0.05) is 32.1 Å². The molecule has 6 nitrogen and oxygen atoms in total. The number of nitrogens with one attached hydrogen (secondary N) is 1. The molecule has 2 aliphatic rings. The number of rotatable bonds is 7. The van der Waals surface area contributed by atoms with Gasteiger partial charge < -0.3 is 19.2 Å². The Hall–Kier alpha value is -1.66. The van der Waals surface area contributed by atoms with Crippen LogP contribution in [-0.2, 0) is 25.7 Å². The molecule has 1 aromatic rings. The molecule has 6 heteroatoms. The van der Waals surface area contributed by atoms with Gasteiger partial charge in [0.1, 0.15) is 18.8 Å². The molecule has 138 valence electrons. The van der Waals surface area contributed by atoms with Crippen molar-refractivity contribution >= 4 is 11.7 Å². The second kappa shape index (κ2) is 8.63. The lowest BCUT2D eigenvalue weighted by Crippen LogP contribution is -2.48. The quantitative estimate of drug-likeness (QED) is 0.819. The molecule has 1 aromatic heterocycles. The summed E-state index contributed by atoms with van der Waals surface area (Å²) >= 11 is 0. The van der Waals surface area contributed by atoms with Crippen molar-refractivity contribution in [3.05, 3.63) is 24.2 Å². The summed E-state index contributed by atoms with van der Waals surface area (Å²) in [6.45, 7) is 2.19. The highest BCUT2D eigenvalue weighted by Gasteiger charge is 2.36. The van der Waals surface area contributed by atoms with Gasteiger partial charge in [-0.25, -0.2) is 0 Å². The fraction of sp³-hybridized carbons (Fsp3) is 0.684. The largest absolute Gasteiger partial charge is 0.472 e. The van der Waals surface area contributed by atoms with E-state index in [9.17, 15) is 9.59 Å². The van der Waals surface area contributed by atoms with Crippen molar-refractivity contribution in [3.63, 3.8) is 0 Å². The molecule has 0 aromatic carbocycles. The number of ether oxygens (including phenoxy) is 2. The third kappa shape index (κ3) is 4.92. The van der Waals surface area contributed by atoms with Gasteiger partial charge in [0.15, 0.2) is 5.78 Å². The lowest BCUT2D eigenvalue weighted by molar-refractivity contribution is -0.137. The number of Topliss-reactive ketones (excluding diaryl/α,β-unsaturated/α-hetero) is 1. The zero-order valence-corrected chi connectivity index (χ0v) is 14.7. The minimum atomic E-state index is -0.570. The summed E-state index contributed by atoms with van der Waals surface area (Å²) in [7, 11) is 0. The molecule has 25 heavy (non-hydrogen) atoms. The van der Waals surface area contributed by atoms with E-state index in [0.717, 1.165) is 18.4 Å². The number of carbonyl (C=O) groups excluding carboxylic acids is 2. The van der Waals surface area contributed by atoms with Crippen molar-refractivity contribution in [2.75, 3.05) is 6.61 Å². The van der Waals surface area contributed by atoms with Crippen LogP contribution in [0.1, 0.15) is 51.0 Å². The maximum atomic E-state index is 12.8. The number of hydrogen-bond donors (Lipinski definition) is 1. The molecule has 3 rings (SSSR count). The first-order chi connectivity index (χ1) is 12.1. The van der Waals surface area contributed by atoms with E-state index >= 15 is 0 Å². The summed E-state index contributed by atoms with van der Waals surface area (Å²) in [6, 6.07) is 1.25. The molecule has 2 heterocycles. The summed E-state index contributed by atoms with van der Waals surface area (Å²) in [6.07, 6.45) is 9.03. The standard InChI is InChI=1S/C19H27NO5/c1-13-18(16(21)12-24-13)20-19(22)17(9-14-5-3-2-4-6-14)25-11-15-7-8-23-10-15/h7-8,10,13-14,17-18H,2-6,9,11-12H2,1H3,(H,20,22)/t13?,17-,18+/m1/s1. The Kier molecular flexibility index (Phi) is 6.26. The first-order valence-electron chi connectivity index (χ1n) is 9.21. The average molecular weight is 349 g/mol. The van der Waals surface area contributed by atoms with Crippen molar-refractivity contribution in [3.8, 4) is 0 Å². The zero-order chi connectivity index (χ0) is 17.6. The van der Waals surface area contributed by atoms with Gasteiger partial charge in [0, 0.05) is 5.56 Å². The molecule has 1 amide bonds. The average Bonchev–Trinajstić information content (AvgIpc) is 3.24. The van der Waals surface area contributed by atoms with Crippen LogP contribution in [0.2, 0.25) is 0 Å². The molecule has 1 saturated carbocycles. The molecule has 3 atom stereocenters. The third-order valence-electron chi connectivity index (χ3n) is 5.20. The molecule has 1 aliphatic carbocycles. The number of carbonyl (C=O) groups is 2. The number of ketones is 1. The number of furan rings is 1. The van der Waals surface area contributed by atoms with E-state index in [0.29, 0.717) is 18.9 Å². The van der Waals surface area contributed by atoms with E-state index in [2.05, 4.69) is 5.32 Å². The summed E-state index contributed by atoms with van der Waals surface area (Å²) < 4.78 is 16.3. The Morgan fingerprint density at radius 1 is 1.36 bits per heavy atom. The minimum absolute atomic E-state index is 0.0648. The van der Waals surface area contributed by atoms with Crippen LogP contribution in [0.4, 0.5) is 0 Å². The Bertz CT molecular complexity index is 564. The molecule has 0 radical (unpaired) electrons. The smallest absolute Gasteiger partial charge is 0.249 e. The highest BCUT2D eigenvalue weighted by molar-refractivity contribution is 5.92. The van der Waals surface area contributed by atoms with Gasteiger partial charge in [0.25, 0.3) is 0 Å². The van der Waals surface area contributed by atoms with Crippen LogP contribution in [0, 0.1) is 5.92 Å². The summed E-state index contributed by atoms with van der Waals surface area (Å²) in [5, 5.41) is 2.84. The van der Waals surface area contributed by atoms with E-state index in [1.165, 1.54) is 19.3 Å². The van der Waals surface area contributed by atoms with Gasteiger partial charge in [-0.05, 0) is 25.3 Å². The Morgan fingerprint density at radius 3 is 2.80 bits per heavy atom. The molecule has 1 unspecified atom stereocenters. The maximum Gasteiger partial charge on any atom is 0.249 e. The molecule has 0 bridgehead atoms. The first-order valence-corrected chi connectivity index (χ1v) is 9.21. The van der Waals surface area contributed by atoms with Crippen molar-refractivity contribution in [1.82, 2.24) is 5.32 Å². The van der Waals surface area contributed by atoms with Gasteiger partial charge >= 0.3 is 0 Å². The van der Waals surface area contributed by atoms with Crippen LogP contribution < -0.4 is 5.32 Å². The monoisotopic (exact) mass is 349 g/mol. The summed E-state index contributed by atoms with van der Waals surface area (Å²) in [5.41, 5.74) is 0.898. The van der Waals surface area contributed by atoms with Gasteiger partial charge in [-0.3, -0.25) is 9.59 Å². The second-order valence-corrected chi connectivity index (χ2v) is 7.14. The van der Waals surface area contributed by atoms with E-state index in [1.807, 2.05) is 6.07 Å². The SMILES string of the molecule is CC1OCC(=O)[C@H]1NC(=O)[C@@H](CC1CCCCC1)OCc1ccoc1. The lowest BCUT2D eigenvalue weighted by atomic mass is 9.85. The van der Waals surface area contributed by atoms with Crippen LogP contribution in [0.5, 0.6) is 0 Å². The van der Waals surface area contributed by atoms with Gasteiger partial charge in [0.2, 0.25) is 5.91 Å². The van der Waals surface area contributed by atoms with Crippen molar-refractivity contribution < 1.29 is 23.5 Å². The number of hydrogen-bond acceptors (Lipinski definition) is 5. The maximum absolute atomic E-state index is 12.8. The van der Waals surface area contributed by atoms with Gasteiger partial charge in [-0.15, -0.1) is 0 Å². The second-order valence-electron chi connectivity index (χ2n) is 7.14. The van der Waals surface area contributed by atoms with Crippen LogP contribution in [0.3, 0.4) is 0 Å². The fourth-order valence-electron chi connectivity index (χ4n) is 3.65. The first kappa shape index (κ1) is 18.1. The fourth-order valence-corrected chi connectivity index (χ4v) is 3.65. The molecular weight excluding hydrogens is 322 g/mol. The van der Waals surface area contributed by atoms with Crippen LogP contribution >= 0.6 is 0 Å². The lowest BCUT2D eigenvalue weighted by Gasteiger charge is -2.27. The predicted molar refractivity (Wildman–Crippen MR) is 90.8 cm³/mol. The van der Waals surface area contributed by atoms with Crippen LogP contribution in [0.25, 0.3) is 0 Å². The van der Waals surface area contributed by atoms with E-state index in [4.69, 9.17) is 13.9 Å². The molecule has 1 aliphatic heterocycles. The van der Waals surface area contributed by atoms with Crippen molar-refractivity contribution in [2.24, 2.45) is 5.92 Å².